The Morgan fingerprint density at radius 2 is 1.81 bits per heavy atom. The lowest BCUT2D eigenvalue weighted by Crippen LogP contribution is -2.46. The van der Waals surface area contributed by atoms with E-state index in [2.05, 4.69) is 5.32 Å². The van der Waals surface area contributed by atoms with Gasteiger partial charge in [0.05, 0.1) is 10.6 Å². The molecule has 2 amide bonds. The Bertz CT molecular complexity index is 833. The molecule has 1 fully saturated rings. The zero-order valence-electron chi connectivity index (χ0n) is 13.9. The third-order valence-electron chi connectivity index (χ3n) is 4.39. The molecule has 26 heavy (non-hydrogen) atoms. The van der Waals surface area contributed by atoms with Crippen LogP contribution in [0, 0.1) is 0 Å². The van der Waals surface area contributed by atoms with Crippen molar-refractivity contribution in [1.29, 1.82) is 0 Å². The molecule has 0 saturated carbocycles. The van der Waals surface area contributed by atoms with Gasteiger partial charge in [0.15, 0.2) is 0 Å². The van der Waals surface area contributed by atoms with Crippen molar-refractivity contribution >= 4 is 35.0 Å². The maximum atomic E-state index is 12.5. The van der Waals surface area contributed by atoms with Crippen molar-refractivity contribution in [3.8, 4) is 5.75 Å². The first-order valence-electron chi connectivity index (χ1n) is 8.28. The molecule has 0 atom stereocenters. The van der Waals surface area contributed by atoms with Gasteiger partial charge in [0.1, 0.15) is 5.75 Å². The number of amides is 2. The van der Waals surface area contributed by atoms with Crippen molar-refractivity contribution in [3.63, 3.8) is 0 Å². The summed E-state index contributed by atoms with van der Waals surface area (Å²) in [6.45, 7) is 1.07. The molecular weight excluding hydrogens is 375 g/mol. The molecule has 0 spiro atoms. The van der Waals surface area contributed by atoms with E-state index in [4.69, 9.17) is 23.2 Å². The van der Waals surface area contributed by atoms with Crippen LogP contribution in [0.15, 0.2) is 42.5 Å². The van der Waals surface area contributed by atoms with Gasteiger partial charge in [-0.3, -0.25) is 9.59 Å². The standard InChI is InChI=1S/C19H18Cl2N2O3/c20-13-4-5-16(17(21)11-13)18(25)22-14-6-8-23(9-7-14)19(26)12-2-1-3-15(24)10-12/h1-5,10-11,14,24H,6-9H2,(H,22,25). The Morgan fingerprint density at radius 3 is 2.46 bits per heavy atom. The minimum absolute atomic E-state index is 0.0255. The van der Waals surface area contributed by atoms with Crippen LogP contribution >= 0.6 is 23.2 Å². The lowest BCUT2D eigenvalue weighted by molar-refractivity contribution is 0.0697. The van der Waals surface area contributed by atoms with Crippen molar-refractivity contribution in [2.75, 3.05) is 13.1 Å². The second-order valence-electron chi connectivity index (χ2n) is 6.21. The molecule has 0 radical (unpaired) electrons. The number of hydrogen-bond acceptors (Lipinski definition) is 3. The quantitative estimate of drug-likeness (QED) is 0.835. The minimum atomic E-state index is -0.246. The molecule has 1 aliphatic heterocycles. The number of phenolic OH excluding ortho intramolecular Hbond substituents is 1. The van der Waals surface area contributed by atoms with Gasteiger partial charge in [0.25, 0.3) is 11.8 Å². The molecule has 0 bridgehead atoms. The lowest BCUT2D eigenvalue weighted by Gasteiger charge is -2.32. The van der Waals surface area contributed by atoms with E-state index < -0.39 is 0 Å². The van der Waals surface area contributed by atoms with E-state index in [1.54, 1.807) is 29.2 Å². The maximum absolute atomic E-state index is 12.5. The second kappa shape index (κ2) is 7.98. The predicted molar refractivity (Wildman–Crippen MR) is 101 cm³/mol. The third kappa shape index (κ3) is 4.29. The zero-order valence-corrected chi connectivity index (χ0v) is 15.4. The highest BCUT2D eigenvalue weighted by atomic mass is 35.5. The van der Waals surface area contributed by atoms with Crippen LogP contribution in [0.1, 0.15) is 33.6 Å². The molecule has 1 saturated heterocycles. The Morgan fingerprint density at radius 1 is 1.08 bits per heavy atom. The zero-order chi connectivity index (χ0) is 18.7. The number of rotatable bonds is 3. The van der Waals surface area contributed by atoms with Gasteiger partial charge in [0, 0.05) is 29.7 Å². The number of carbonyl (C=O) groups excluding carboxylic acids is 2. The van der Waals surface area contributed by atoms with Gasteiger partial charge < -0.3 is 15.3 Å². The van der Waals surface area contributed by atoms with E-state index in [1.165, 1.54) is 18.2 Å². The molecule has 3 rings (SSSR count). The molecule has 1 heterocycles. The number of phenols is 1. The predicted octanol–water partition coefficient (Wildman–Crippen LogP) is 3.73. The van der Waals surface area contributed by atoms with Crippen LogP contribution in [-0.4, -0.2) is 41.0 Å². The van der Waals surface area contributed by atoms with Crippen LogP contribution in [0.3, 0.4) is 0 Å². The van der Waals surface area contributed by atoms with Gasteiger partial charge in [-0.15, -0.1) is 0 Å². The maximum Gasteiger partial charge on any atom is 0.253 e. The third-order valence-corrected chi connectivity index (χ3v) is 4.93. The molecule has 0 aromatic heterocycles. The average Bonchev–Trinajstić information content (AvgIpc) is 2.61. The van der Waals surface area contributed by atoms with Gasteiger partial charge in [-0.1, -0.05) is 29.3 Å². The highest BCUT2D eigenvalue weighted by molar-refractivity contribution is 6.36. The largest absolute Gasteiger partial charge is 0.508 e. The molecule has 2 N–H and O–H groups in total. The molecule has 7 heteroatoms. The molecule has 1 aliphatic rings. The van der Waals surface area contributed by atoms with Crippen molar-refractivity contribution in [1.82, 2.24) is 10.2 Å². The Hall–Kier alpha value is -2.24. The Labute approximate surface area is 161 Å². The summed E-state index contributed by atoms with van der Waals surface area (Å²) in [6.07, 6.45) is 1.31. The fourth-order valence-electron chi connectivity index (χ4n) is 2.99. The highest BCUT2D eigenvalue weighted by Gasteiger charge is 2.25. The summed E-state index contributed by atoms with van der Waals surface area (Å²) >= 11 is 11.9. The normalized spacial score (nSPS) is 14.9. The van der Waals surface area contributed by atoms with Crippen molar-refractivity contribution < 1.29 is 14.7 Å². The first-order chi connectivity index (χ1) is 12.4. The van der Waals surface area contributed by atoms with Crippen LogP contribution in [0.5, 0.6) is 5.75 Å². The summed E-state index contributed by atoms with van der Waals surface area (Å²) in [6, 6.07) is 11.0. The average molecular weight is 393 g/mol. The van der Waals surface area contributed by atoms with Crippen LogP contribution in [0.4, 0.5) is 0 Å². The summed E-state index contributed by atoms with van der Waals surface area (Å²) in [5, 5.41) is 13.3. The minimum Gasteiger partial charge on any atom is -0.508 e. The van der Waals surface area contributed by atoms with E-state index in [1.807, 2.05) is 0 Å². The number of carbonyl (C=O) groups is 2. The topological polar surface area (TPSA) is 69.6 Å². The van der Waals surface area contributed by atoms with Crippen LogP contribution in [-0.2, 0) is 0 Å². The van der Waals surface area contributed by atoms with Crippen molar-refractivity contribution in [2.45, 2.75) is 18.9 Å². The molecular formula is C19H18Cl2N2O3. The number of benzene rings is 2. The summed E-state index contributed by atoms with van der Waals surface area (Å²) in [5.41, 5.74) is 0.842. The first-order valence-corrected chi connectivity index (χ1v) is 9.04. The van der Waals surface area contributed by atoms with Crippen molar-refractivity contribution in [3.05, 3.63) is 63.6 Å². The molecule has 0 unspecified atom stereocenters. The fraction of sp³-hybridized carbons (Fsp3) is 0.263. The fourth-order valence-corrected chi connectivity index (χ4v) is 3.48. The lowest BCUT2D eigenvalue weighted by atomic mass is 10.0. The van der Waals surface area contributed by atoms with Crippen LogP contribution in [0.2, 0.25) is 10.0 Å². The monoisotopic (exact) mass is 392 g/mol. The molecule has 0 aliphatic carbocycles. The second-order valence-corrected chi connectivity index (χ2v) is 7.06. The van der Waals surface area contributed by atoms with Gasteiger partial charge in [0.2, 0.25) is 0 Å². The number of halogens is 2. The number of likely N-dealkylation sites (tertiary alicyclic amines) is 1. The van der Waals surface area contributed by atoms with E-state index in [0.29, 0.717) is 47.1 Å². The number of nitrogens with one attached hydrogen (secondary N) is 1. The van der Waals surface area contributed by atoms with E-state index in [0.717, 1.165) is 0 Å². The molecule has 5 nitrogen and oxygen atoms in total. The van der Waals surface area contributed by atoms with Gasteiger partial charge in [-0.2, -0.15) is 0 Å². The summed E-state index contributed by atoms with van der Waals surface area (Å²) in [7, 11) is 0. The molecule has 2 aromatic carbocycles. The van der Waals surface area contributed by atoms with Crippen LogP contribution < -0.4 is 5.32 Å². The number of piperidine rings is 1. The van der Waals surface area contributed by atoms with Crippen LogP contribution in [0.25, 0.3) is 0 Å². The van der Waals surface area contributed by atoms with Gasteiger partial charge in [-0.05, 0) is 49.2 Å². The Balaban J connectivity index is 1.57. The number of hydrogen-bond donors (Lipinski definition) is 2. The summed E-state index contributed by atoms with van der Waals surface area (Å²) in [4.78, 5) is 26.6. The number of aromatic hydroxyl groups is 1. The SMILES string of the molecule is O=C(NC1CCN(C(=O)c2cccc(O)c2)CC1)c1ccc(Cl)cc1Cl. The first kappa shape index (κ1) is 18.5. The Kier molecular flexibility index (Phi) is 5.69. The van der Waals surface area contributed by atoms with Gasteiger partial charge in [-0.25, -0.2) is 0 Å². The summed E-state index contributed by atoms with van der Waals surface area (Å²) < 4.78 is 0. The molecule has 2 aromatic rings. The molecule has 136 valence electrons. The van der Waals surface area contributed by atoms with Gasteiger partial charge >= 0.3 is 0 Å². The van der Waals surface area contributed by atoms with Crippen molar-refractivity contribution in [2.24, 2.45) is 0 Å². The summed E-state index contributed by atoms with van der Waals surface area (Å²) in [5.74, 6) is -0.298. The van der Waals surface area contributed by atoms with E-state index in [9.17, 15) is 14.7 Å². The van der Waals surface area contributed by atoms with E-state index >= 15 is 0 Å². The number of nitrogens with zero attached hydrogens (tertiary/aromatic N) is 1. The van der Waals surface area contributed by atoms with E-state index in [-0.39, 0.29) is 23.6 Å². The smallest absolute Gasteiger partial charge is 0.253 e. The highest BCUT2D eigenvalue weighted by Crippen LogP contribution is 2.22.